The van der Waals surface area contributed by atoms with Crippen molar-refractivity contribution in [2.75, 3.05) is 5.73 Å². The minimum atomic E-state index is 0.545. The highest BCUT2D eigenvalue weighted by atomic mass is 35.5. The highest BCUT2D eigenvalue weighted by Crippen LogP contribution is 2.41. The van der Waals surface area contributed by atoms with E-state index in [1.54, 1.807) is 0 Å². The second kappa shape index (κ2) is 4.32. The van der Waals surface area contributed by atoms with E-state index in [0.29, 0.717) is 11.1 Å². The van der Waals surface area contributed by atoms with Crippen LogP contribution in [0.5, 0.6) is 0 Å². The summed E-state index contributed by atoms with van der Waals surface area (Å²) in [5.41, 5.74) is 8.01. The van der Waals surface area contributed by atoms with E-state index in [4.69, 9.17) is 17.3 Å². The summed E-state index contributed by atoms with van der Waals surface area (Å²) in [5.74, 6) is 1.81. The molecule has 3 nitrogen and oxygen atoms in total. The molecule has 0 bridgehead atoms. The third kappa shape index (κ3) is 1.79. The lowest BCUT2D eigenvalue weighted by molar-refractivity contribution is 0.696. The van der Waals surface area contributed by atoms with Crippen LogP contribution in [0.3, 0.4) is 0 Å². The summed E-state index contributed by atoms with van der Waals surface area (Å²) in [6.07, 6.45) is 3.30. The third-order valence-electron chi connectivity index (χ3n) is 3.38. The number of nitrogens with zero attached hydrogens (tertiary/aromatic N) is 2. The molecule has 0 aliphatic heterocycles. The lowest BCUT2D eigenvalue weighted by atomic mass is 10.1. The van der Waals surface area contributed by atoms with Gasteiger partial charge in [-0.15, -0.1) is 0 Å². The smallest absolute Gasteiger partial charge is 0.132 e. The van der Waals surface area contributed by atoms with Crippen molar-refractivity contribution in [2.45, 2.75) is 32.2 Å². The van der Waals surface area contributed by atoms with Crippen molar-refractivity contribution in [3.63, 3.8) is 0 Å². The molecular formula is C14H16ClN3. The Morgan fingerprint density at radius 1 is 1.39 bits per heavy atom. The number of rotatable bonds is 3. The van der Waals surface area contributed by atoms with Gasteiger partial charge in [-0.3, -0.25) is 0 Å². The molecule has 0 unspecified atom stereocenters. The van der Waals surface area contributed by atoms with Gasteiger partial charge in [0.15, 0.2) is 0 Å². The minimum Gasteiger partial charge on any atom is -0.383 e. The molecule has 2 aromatic rings. The molecule has 0 spiro atoms. The zero-order valence-electron chi connectivity index (χ0n) is 10.4. The Kier molecular flexibility index (Phi) is 2.78. The molecule has 1 saturated carbocycles. The standard InChI is InChI=1S/C14H16ClN3/c1-2-12-17-13(10-5-3-4-6-11(10)15)14(16)18(12)9-7-8-9/h3-6,9H,2,7-8,16H2,1H3. The number of halogens is 1. The average Bonchev–Trinajstić information content (AvgIpc) is 3.15. The van der Waals surface area contributed by atoms with E-state index in [1.807, 2.05) is 24.3 Å². The van der Waals surface area contributed by atoms with E-state index in [0.717, 1.165) is 29.3 Å². The summed E-state index contributed by atoms with van der Waals surface area (Å²) in [7, 11) is 0. The first-order chi connectivity index (χ1) is 8.72. The Hall–Kier alpha value is -1.48. The maximum Gasteiger partial charge on any atom is 0.132 e. The lowest BCUT2D eigenvalue weighted by Crippen LogP contribution is -2.04. The monoisotopic (exact) mass is 261 g/mol. The van der Waals surface area contributed by atoms with Crippen molar-refractivity contribution in [3.05, 3.63) is 35.1 Å². The van der Waals surface area contributed by atoms with Gasteiger partial charge in [-0.1, -0.05) is 36.7 Å². The zero-order valence-corrected chi connectivity index (χ0v) is 11.1. The predicted octanol–water partition coefficient (Wildman–Crippen LogP) is 3.68. The van der Waals surface area contributed by atoms with Gasteiger partial charge in [0.05, 0.1) is 5.02 Å². The van der Waals surface area contributed by atoms with Crippen molar-refractivity contribution < 1.29 is 0 Å². The zero-order chi connectivity index (χ0) is 12.7. The summed E-state index contributed by atoms with van der Waals surface area (Å²) in [6, 6.07) is 8.27. The second-order valence-electron chi connectivity index (χ2n) is 4.70. The largest absolute Gasteiger partial charge is 0.383 e. The highest BCUT2D eigenvalue weighted by molar-refractivity contribution is 6.33. The molecule has 1 heterocycles. The van der Waals surface area contributed by atoms with Crippen LogP contribution in [0.2, 0.25) is 5.02 Å². The van der Waals surface area contributed by atoms with Crippen LogP contribution in [0.25, 0.3) is 11.3 Å². The van der Waals surface area contributed by atoms with E-state index in [9.17, 15) is 0 Å². The molecule has 0 amide bonds. The fourth-order valence-electron chi connectivity index (χ4n) is 2.33. The van der Waals surface area contributed by atoms with Gasteiger partial charge in [-0.2, -0.15) is 0 Å². The molecule has 18 heavy (non-hydrogen) atoms. The van der Waals surface area contributed by atoms with Crippen molar-refractivity contribution >= 4 is 17.4 Å². The molecular weight excluding hydrogens is 246 g/mol. The Labute approximate surface area is 112 Å². The number of nitrogen functional groups attached to an aromatic ring is 1. The fourth-order valence-corrected chi connectivity index (χ4v) is 2.56. The van der Waals surface area contributed by atoms with E-state index < -0.39 is 0 Å². The van der Waals surface area contributed by atoms with Crippen LogP contribution in [0.15, 0.2) is 24.3 Å². The van der Waals surface area contributed by atoms with Gasteiger partial charge >= 0.3 is 0 Å². The predicted molar refractivity (Wildman–Crippen MR) is 74.7 cm³/mol. The quantitative estimate of drug-likeness (QED) is 0.916. The number of aromatic nitrogens is 2. The molecule has 94 valence electrons. The minimum absolute atomic E-state index is 0.545. The van der Waals surface area contributed by atoms with Crippen LogP contribution in [0, 0.1) is 0 Å². The van der Waals surface area contributed by atoms with Gasteiger partial charge in [0.2, 0.25) is 0 Å². The molecule has 1 aromatic carbocycles. The first-order valence-corrected chi connectivity index (χ1v) is 6.71. The number of hydrogen-bond donors (Lipinski definition) is 1. The second-order valence-corrected chi connectivity index (χ2v) is 5.10. The van der Waals surface area contributed by atoms with E-state index in [2.05, 4.69) is 16.5 Å². The van der Waals surface area contributed by atoms with E-state index in [-0.39, 0.29) is 0 Å². The van der Waals surface area contributed by atoms with Gasteiger partial charge in [0, 0.05) is 18.0 Å². The summed E-state index contributed by atoms with van der Waals surface area (Å²) >= 11 is 6.23. The number of anilines is 1. The molecule has 1 aromatic heterocycles. The molecule has 0 radical (unpaired) electrons. The van der Waals surface area contributed by atoms with E-state index >= 15 is 0 Å². The maximum absolute atomic E-state index is 6.26. The van der Waals surface area contributed by atoms with Crippen molar-refractivity contribution in [3.8, 4) is 11.3 Å². The normalized spacial score (nSPS) is 15.0. The van der Waals surface area contributed by atoms with Crippen LogP contribution in [-0.2, 0) is 6.42 Å². The molecule has 1 aliphatic carbocycles. The van der Waals surface area contributed by atoms with E-state index in [1.165, 1.54) is 12.8 Å². The van der Waals surface area contributed by atoms with Crippen molar-refractivity contribution in [1.82, 2.24) is 9.55 Å². The van der Waals surface area contributed by atoms with Gasteiger partial charge in [-0.25, -0.2) is 4.98 Å². The summed E-state index contributed by atoms with van der Waals surface area (Å²) < 4.78 is 2.18. The third-order valence-corrected chi connectivity index (χ3v) is 3.71. The van der Waals surface area contributed by atoms with Gasteiger partial charge in [0.1, 0.15) is 17.3 Å². The molecule has 4 heteroatoms. The average molecular weight is 262 g/mol. The highest BCUT2D eigenvalue weighted by Gasteiger charge is 2.29. The maximum atomic E-state index is 6.26. The molecule has 1 fully saturated rings. The molecule has 1 aliphatic rings. The Bertz CT molecular complexity index is 585. The lowest BCUT2D eigenvalue weighted by Gasteiger charge is -2.06. The molecule has 3 rings (SSSR count). The summed E-state index contributed by atoms with van der Waals surface area (Å²) in [6.45, 7) is 2.11. The Morgan fingerprint density at radius 2 is 2.11 bits per heavy atom. The molecule has 0 atom stereocenters. The first kappa shape index (κ1) is 11.6. The van der Waals surface area contributed by atoms with Crippen LogP contribution in [0.1, 0.15) is 31.6 Å². The molecule has 0 saturated heterocycles. The summed E-state index contributed by atoms with van der Waals surface area (Å²) in [4.78, 5) is 4.67. The summed E-state index contributed by atoms with van der Waals surface area (Å²) in [5, 5.41) is 0.701. The molecule has 2 N–H and O–H groups in total. The van der Waals surface area contributed by atoms with Crippen LogP contribution >= 0.6 is 11.6 Å². The van der Waals surface area contributed by atoms with Crippen LogP contribution < -0.4 is 5.73 Å². The van der Waals surface area contributed by atoms with Gasteiger partial charge < -0.3 is 10.3 Å². The fraction of sp³-hybridized carbons (Fsp3) is 0.357. The van der Waals surface area contributed by atoms with Crippen molar-refractivity contribution in [2.24, 2.45) is 0 Å². The van der Waals surface area contributed by atoms with Crippen LogP contribution in [-0.4, -0.2) is 9.55 Å². The topological polar surface area (TPSA) is 43.8 Å². The number of aryl methyl sites for hydroxylation is 1. The number of hydrogen-bond acceptors (Lipinski definition) is 2. The number of benzene rings is 1. The Balaban J connectivity index is 2.16. The van der Waals surface area contributed by atoms with Crippen molar-refractivity contribution in [1.29, 1.82) is 0 Å². The number of nitrogens with two attached hydrogens (primary N) is 1. The van der Waals surface area contributed by atoms with Gasteiger partial charge in [-0.05, 0) is 18.9 Å². The first-order valence-electron chi connectivity index (χ1n) is 6.33. The SMILES string of the molecule is CCc1nc(-c2ccccc2Cl)c(N)n1C1CC1. The number of imidazole rings is 1. The van der Waals surface area contributed by atoms with Gasteiger partial charge in [0.25, 0.3) is 0 Å². The van der Waals surface area contributed by atoms with Crippen LogP contribution in [0.4, 0.5) is 5.82 Å². The Morgan fingerprint density at radius 3 is 2.72 bits per heavy atom.